The average molecular weight is 288 g/mol. The highest BCUT2D eigenvalue weighted by Crippen LogP contribution is 2.38. The molecule has 10 heteroatoms. The van der Waals surface area contributed by atoms with Gasteiger partial charge in [0.15, 0.2) is 11.3 Å². The molecule has 104 valence electrons. The highest BCUT2D eigenvalue weighted by atomic mass is 32.2. The van der Waals surface area contributed by atoms with E-state index in [1.165, 1.54) is 0 Å². The number of aliphatic hydroxyl groups is 3. The molecule has 1 saturated heterocycles. The summed E-state index contributed by atoms with van der Waals surface area (Å²) >= 11 is 0.843. The van der Waals surface area contributed by atoms with Crippen molar-refractivity contribution in [1.82, 2.24) is 0 Å². The van der Waals surface area contributed by atoms with Crippen LogP contribution in [0.4, 0.5) is 13.2 Å². The molecule has 0 radical (unpaired) electrons. The lowest BCUT2D eigenvalue weighted by Crippen LogP contribution is -2.60. The van der Waals surface area contributed by atoms with Gasteiger partial charge in [-0.15, -0.1) is 0 Å². The predicted molar refractivity (Wildman–Crippen MR) is 55.7 cm³/mol. The summed E-state index contributed by atoms with van der Waals surface area (Å²) in [6.45, 7) is 0. The largest absolute Gasteiger partial charge is 0.417 e. The van der Waals surface area contributed by atoms with Gasteiger partial charge in [-0.05, 0) is 0 Å². The summed E-state index contributed by atoms with van der Waals surface area (Å²) in [4.78, 5) is 3.76. The lowest BCUT2D eigenvalue weighted by atomic mass is 9.94. The highest BCUT2D eigenvalue weighted by Gasteiger charge is 2.55. The summed E-state index contributed by atoms with van der Waals surface area (Å²) in [7, 11) is 0. The quantitative estimate of drug-likeness (QED) is 0.482. The second-order valence-corrected chi connectivity index (χ2v) is 5.13. The summed E-state index contributed by atoms with van der Waals surface area (Å²) in [5, 5.41) is 28.4. The topological polar surface area (TPSA) is 108 Å². The smallest absolute Gasteiger partial charge is 0.388 e. The lowest BCUT2D eigenvalue weighted by Gasteiger charge is -2.40. The fraction of sp³-hybridized carbons (Fsp3) is 0.875. The number of ether oxygens (including phenoxy) is 1. The van der Waals surface area contributed by atoms with Gasteiger partial charge in [0.05, 0.1) is 0 Å². The van der Waals surface area contributed by atoms with Crippen molar-refractivity contribution in [3.05, 3.63) is 0 Å². The van der Waals surface area contributed by atoms with Gasteiger partial charge in [-0.1, -0.05) is 11.8 Å². The number of alkyl halides is 3. The van der Waals surface area contributed by atoms with E-state index in [2.05, 4.69) is 4.99 Å². The van der Waals surface area contributed by atoms with Crippen LogP contribution in [0.15, 0.2) is 4.99 Å². The number of halogens is 3. The number of thioether (sulfide) groups is 1. The molecule has 0 aliphatic carbocycles. The third-order valence-electron chi connectivity index (χ3n) is 2.77. The molecular weight excluding hydrogens is 277 g/mol. The van der Waals surface area contributed by atoms with Gasteiger partial charge in [-0.2, -0.15) is 13.2 Å². The lowest BCUT2D eigenvalue weighted by molar-refractivity contribution is -0.271. The van der Waals surface area contributed by atoms with E-state index in [9.17, 15) is 23.4 Å². The van der Waals surface area contributed by atoms with Crippen LogP contribution in [0.5, 0.6) is 0 Å². The molecule has 2 heterocycles. The summed E-state index contributed by atoms with van der Waals surface area (Å²) < 4.78 is 42.1. The van der Waals surface area contributed by atoms with E-state index in [-0.39, 0.29) is 5.17 Å². The third-order valence-corrected chi connectivity index (χ3v) is 3.74. The second-order valence-electron chi connectivity index (χ2n) is 4.01. The first-order chi connectivity index (χ1) is 8.21. The Labute approximate surface area is 104 Å². The first kappa shape index (κ1) is 13.9. The Morgan fingerprint density at radius 3 is 2.50 bits per heavy atom. The molecule has 6 atom stereocenters. The number of nitrogens with zero attached hydrogens (tertiary/aromatic N) is 1. The molecule has 0 aromatic rings. The first-order valence-corrected chi connectivity index (χ1v) is 5.86. The van der Waals surface area contributed by atoms with Crippen LogP contribution in [0.3, 0.4) is 0 Å². The normalized spacial score (nSPS) is 42.3. The highest BCUT2D eigenvalue weighted by molar-refractivity contribution is 8.14. The average Bonchev–Trinajstić information content (AvgIpc) is 2.62. The van der Waals surface area contributed by atoms with Crippen LogP contribution in [-0.2, 0) is 4.74 Å². The minimum atomic E-state index is -4.95. The van der Waals surface area contributed by atoms with Crippen molar-refractivity contribution in [2.24, 2.45) is 10.7 Å². The van der Waals surface area contributed by atoms with Crippen LogP contribution in [-0.4, -0.2) is 62.6 Å². The molecule has 0 spiro atoms. The standard InChI is InChI=1S/C8H11F3N2O4S/c9-8(10,11)5(16)4-3(15)2(14)1-6(17-4)18-7(12)13-1/h1-6,14-16H,(H2,12,13)/t1?,2?,3?,4?,5-,6?/m0/s1. The van der Waals surface area contributed by atoms with Gasteiger partial charge in [0.1, 0.15) is 29.8 Å². The fourth-order valence-electron chi connectivity index (χ4n) is 1.85. The van der Waals surface area contributed by atoms with E-state index in [1.807, 2.05) is 0 Å². The van der Waals surface area contributed by atoms with Gasteiger partial charge in [0, 0.05) is 0 Å². The van der Waals surface area contributed by atoms with Crippen LogP contribution < -0.4 is 5.73 Å². The van der Waals surface area contributed by atoms with Gasteiger partial charge < -0.3 is 25.8 Å². The van der Waals surface area contributed by atoms with Crippen molar-refractivity contribution in [3.8, 4) is 0 Å². The Bertz CT molecular complexity index is 367. The Hall–Kier alpha value is -0.550. The van der Waals surface area contributed by atoms with Gasteiger partial charge in [-0.25, -0.2) is 0 Å². The molecule has 18 heavy (non-hydrogen) atoms. The molecule has 0 aromatic heterocycles. The molecule has 2 aliphatic rings. The van der Waals surface area contributed by atoms with E-state index < -0.39 is 42.1 Å². The van der Waals surface area contributed by atoms with E-state index in [0.29, 0.717) is 0 Å². The zero-order valence-corrected chi connectivity index (χ0v) is 9.60. The molecule has 5 N–H and O–H groups in total. The van der Waals surface area contributed by atoms with Crippen LogP contribution in [0, 0.1) is 0 Å². The molecule has 2 rings (SSSR count). The number of amidine groups is 1. The number of aliphatic hydroxyl groups excluding tert-OH is 3. The molecule has 5 unspecified atom stereocenters. The third kappa shape index (κ3) is 2.30. The maximum atomic E-state index is 12.4. The van der Waals surface area contributed by atoms with E-state index in [1.54, 1.807) is 0 Å². The second kappa shape index (κ2) is 4.53. The van der Waals surface area contributed by atoms with Crippen molar-refractivity contribution >= 4 is 16.9 Å². The Morgan fingerprint density at radius 2 is 1.94 bits per heavy atom. The van der Waals surface area contributed by atoms with Crippen LogP contribution in [0.25, 0.3) is 0 Å². The molecule has 6 nitrogen and oxygen atoms in total. The maximum Gasteiger partial charge on any atom is 0.417 e. The number of nitrogens with two attached hydrogens (primary N) is 1. The van der Waals surface area contributed by atoms with Gasteiger partial charge in [0.2, 0.25) is 0 Å². The first-order valence-electron chi connectivity index (χ1n) is 4.98. The summed E-state index contributed by atoms with van der Waals surface area (Å²) in [6.07, 6.45) is -13.3. The fourth-order valence-corrected chi connectivity index (χ4v) is 2.82. The van der Waals surface area contributed by atoms with Gasteiger partial charge in [-0.3, -0.25) is 4.99 Å². The number of rotatable bonds is 1. The summed E-state index contributed by atoms with van der Waals surface area (Å²) in [5.41, 5.74) is 4.43. The molecular formula is C8H11F3N2O4S. The van der Waals surface area contributed by atoms with E-state index in [0.717, 1.165) is 11.8 Å². The minimum absolute atomic E-state index is 0.0541. The predicted octanol–water partition coefficient (Wildman–Crippen LogP) is -1.21. The van der Waals surface area contributed by atoms with Gasteiger partial charge >= 0.3 is 6.18 Å². The minimum Gasteiger partial charge on any atom is -0.388 e. The molecule has 0 bridgehead atoms. The van der Waals surface area contributed by atoms with Crippen molar-refractivity contribution < 1.29 is 33.2 Å². The molecule has 1 fully saturated rings. The zero-order valence-electron chi connectivity index (χ0n) is 8.78. The number of hydrogen-bond acceptors (Lipinski definition) is 7. The van der Waals surface area contributed by atoms with Crippen LogP contribution >= 0.6 is 11.8 Å². The molecule has 0 aromatic carbocycles. The Kier molecular flexibility index (Phi) is 3.49. The Morgan fingerprint density at radius 1 is 1.33 bits per heavy atom. The Balaban J connectivity index is 2.17. The zero-order chi connectivity index (χ0) is 13.7. The van der Waals surface area contributed by atoms with Crippen molar-refractivity contribution in [2.75, 3.05) is 0 Å². The number of fused-ring (bicyclic) bond motifs is 1. The summed E-state index contributed by atoms with van der Waals surface area (Å²) in [5.74, 6) is 0. The van der Waals surface area contributed by atoms with Crippen molar-refractivity contribution in [3.63, 3.8) is 0 Å². The van der Waals surface area contributed by atoms with Crippen LogP contribution in [0.2, 0.25) is 0 Å². The van der Waals surface area contributed by atoms with E-state index >= 15 is 0 Å². The molecule has 0 saturated carbocycles. The summed E-state index contributed by atoms with van der Waals surface area (Å²) in [6, 6.07) is -0.929. The van der Waals surface area contributed by atoms with Crippen LogP contribution in [0.1, 0.15) is 0 Å². The van der Waals surface area contributed by atoms with Gasteiger partial charge in [0.25, 0.3) is 0 Å². The van der Waals surface area contributed by atoms with Crippen molar-refractivity contribution in [1.29, 1.82) is 0 Å². The SMILES string of the molecule is NC1=NC2C(OC([C@H](O)C(F)(F)F)C(O)C2O)S1. The maximum absolute atomic E-state index is 12.4. The number of aliphatic imine (C=N–C) groups is 1. The van der Waals surface area contributed by atoms with E-state index in [4.69, 9.17) is 15.6 Å². The number of hydrogen-bond donors (Lipinski definition) is 4. The van der Waals surface area contributed by atoms with Crippen molar-refractivity contribution in [2.45, 2.75) is 42.1 Å². The molecule has 2 aliphatic heterocycles. The monoisotopic (exact) mass is 288 g/mol. The molecule has 0 amide bonds.